The molecule has 1 aromatic rings. The summed E-state index contributed by atoms with van der Waals surface area (Å²) >= 11 is 0. The lowest BCUT2D eigenvalue weighted by atomic mass is 9.93. The van der Waals surface area contributed by atoms with E-state index < -0.39 is 4.92 Å². The Morgan fingerprint density at radius 2 is 2.04 bits per heavy atom. The van der Waals surface area contributed by atoms with Crippen molar-refractivity contribution < 1.29 is 9.72 Å². The summed E-state index contributed by atoms with van der Waals surface area (Å²) < 4.78 is 0. The Hall–Kier alpha value is -2.18. The lowest BCUT2D eigenvalue weighted by Gasteiger charge is -2.34. The number of aromatic nitrogens is 1. The van der Waals surface area contributed by atoms with Gasteiger partial charge in [-0.2, -0.15) is 0 Å². The molecule has 0 spiro atoms. The van der Waals surface area contributed by atoms with E-state index in [-0.39, 0.29) is 17.5 Å². The average molecular weight is 332 g/mol. The van der Waals surface area contributed by atoms with E-state index in [1.807, 2.05) is 4.90 Å². The molecule has 0 bridgehead atoms. The number of carbonyl (C=O) groups is 1. The molecule has 3 rings (SSSR count). The first-order chi connectivity index (χ1) is 11.6. The second-order valence-electron chi connectivity index (χ2n) is 6.75. The lowest BCUT2D eigenvalue weighted by molar-refractivity contribution is -0.384. The predicted octanol–water partition coefficient (Wildman–Crippen LogP) is 2.66. The molecule has 1 saturated carbocycles. The van der Waals surface area contributed by atoms with Crippen molar-refractivity contribution in [3.8, 4) is 0 Å². The Labute approximate surface area is 141 Å². The fraction of sp³-hybridized carbons (Fsp3) is 0.647. The van der Waals surface area contributed by atoms with E-state index in [0.717, 1.165) is 32.2 Å². The molecule has 1 aliphatic carbocycles. The van der Waals surface area contributed by atoms with Gasteiger partial charge in [-0.15, -0.1) is 0 Å². The van der Waals surface area contributed by atoms with Crippen molar-refractivity contribution in [2.24, 2.45) is 5.92 Å². The second-order valence-corrected chi connectivity index (χ2v) is 6.75. The smallest absolute Gasteiger partial charge is 0.310 e. The summed E-state index contributed by atoms with van der Waals surface area (Å²) in [6.07, 6.45) is 10.3. The van der Waals surface area contributed by atoms with Crippen LogP contribution in [0.1, 0.15) is 44.9 Å². The monoisotopic (exact) mass is 332 g/mol. The first-order valence-corrected chi connectivity index (χ1v) is 8.79. The zero-order chi connectivity index (χ0) is 16.9. The number of carbonyl (C=O) groups excluding carboxylic acids is 1. The van der Waals surface area contributed by atoms with Gasteiger partial charge in [0.1, 0.15) is 11.9 Å². The van der Waals surface area contributed by atoms with E-state index in [2.05, 4.69) is 10.3 Å². The summed E-state index contributed by atoms with van der Waals surface area (Å²) in [5.74, 6) is -0.00300. The molecule has 24 heavy (non-hydrogen) atoms. The van der Waals surface area contributed by atoms with Crippen LogP contribution in [0, 0.1) is 16.0 Å². The van der Waals surface area contributed by atoms with E-state index in [9.17, 15) is 14.9 Å². The Balaban J connectivity index is 1.66. The number of amides is 1. The molecule has 0 radical (unpaired) electrons. The molecular formula is C17H24N4O3. The molecule has 2 heterocycles. The zero-order valence-corrected chi connectivity index (χ0v) is 13.8. The summed E-state index contributed by atoms with van der Waals surface area (Å²) in [7, 11) is 0. The van der Waals surface area contributed by atoms with Crippen LogP contribution < -0.4 is 10.2 Å². The van der Waals surface area contributed by atoms with Gasteiger partial charge in [0, 0.05) is 25.3 Å². The summed E-state index contributed by atoms with van der Waals surface area (Å²) in [6, 6.07) is 1.97. The van der Waals surface area contributed by atoms with Crippen molar-refractivity contribution in [3.63, 3.8) is 0 Å². The first-order valence-electron chi connectivity index (χ1n) is 8.79. The van der Waals surface area contributed by atoms with Crippen LogP contribution in [-0.2, 0) is 4.79 Å². The third kappa shape index (κ3) is 3.83. The number of hydrogen-bond acceptors (Lipinski definition) is 5. The fourth-order valence-electron chi connectivity index (χ4n) is 3.76. The van der Waals surface area contributed by atoms with Gasteiger partial charge in [-0.25, -0.2) is 0 Å². The molecule has 1 amide bonds. The molecule has 0 unspecified atom stereocenters. The minimum Gasteiger partial charge on any atom is -0.365 e. The van der Waals surface area contributed by atoms with Gasteiger partial charge in [0.25, 0.3) is 0 Å². The number of anilines is 1. The number of pyridine rings is 1. The van der Waals surface area contributed by atoms with E-state index >= 15 is 0 Å². The number of nitro groups is 1. The molecule has 7 heteroatoms. The van der Waals surface area contributed by atoms with Gasteiger partial charge in [0.15, 0.2) is 0 Å². The molecule has 1 atom stereocenters. The normalized spacial score (nSPS) is 22.2. The largest absolute Gasteiger partial charge is 0.365 e. The van der Waals surface area contributed by atoms with Crippen molar-refractivity contribution in [3.05, 3.63) is 28.6 Å². The van der Waals surface area contributed by atoms with Gasteiger partial charge in [0.05, 0.1) is 10.8 Å². The Morgan fingerprint density at radius 1 is 1.25 bits per heavy atom. The highest BCUT2D eigenvalue weighted by Crippen LogP contribution is 2.30. The van der Waals surface area contributed by atoms with Crippen molar-refractivity contribution in [2.75, 3.05) is 18.0 Å². The molecule has 2 aliphatic rings. The van der Waals surface area contributed by atoms with Crippen LogP contribution >= 0.6 is 0 Å². The second kappa shape index (κ2) is 7.59. The van der Waals surface area contributed by atoms with E-state index in [1.54, 1.807) is 12.3 Å². The third-order valence-corrected chi connectivity index (χ3v) is 5.06. The highest BCUT2D eigenvalue weighted by atomic mass is 16.6. The van der Waals surface area contributed by atoms with Crippen LogP contribution in [-0.4, -0.2) is 34.9 Å². The highest BCUT2D eigenvalue weighted by molar-refractivity contribution is 5.80. The molecule has 1 aromatic heterocycles. The summed E-state index contributed by atoms with van der Waals surface area (Å²) in [4.78, 5) is 29.2. The van der Waals surface area contributed by atoms with Crippen molar-refractivity contribution in [1.82, 2.24) is 10.3 Å². The maximum absolute atomic E-state index is 12.6. The number of piperidine rings is 1. The minimum atomic E-state index is -0.409. The van der Waals surface area contributed by atoms with E-state index in [1.165, 1.54) is 25.5 Å². The Morgan fingerprint density at radius 3 is 2.79 bits per heavy atom. The van der Waals surface area contributed by atoms with Crippen LogP contribution in [0.15, 0.2) is 18.5 Å². The van der Waals surface area contributed by atoms with Crippen molar-refractivity contribution in [1.29, 1.82) is 0 Å². The van der Waals surface area contributed by atoms with Crippen LogP contribution in [0.3, 0.4) is 0 Å². The maximum atomic E-state index is 12.6. The van der Waals surface area contributed by atoms with Gasteiger partial charge >= 0.3 is 5.69 Å². The molecule has 2 fully saturated rings. The molecule has 7 nitrogen and oxygen atoms in total. The average Bonchev–Trinajstić information content (AvgIpc) is 2.62. The maximum Gasteiger partial charge on any atom is 0.310 e. The van der Waals surface area contributed by atoms with Crippen LogP contribution in [0.25, 0.3) is 0 Å². The lowest BCUT2D eigenvalue weighted by Crippen LogP contribution is -2.46. The first kappa shape index (κ1) is 16.7. The summed E-state index contributed by atoms with van der Waals surface area (Å²) in [6.45, 7) is 1.27. The van der Waals surface area contributed by atoms with Gasteiger partial charge in [-0.05, 0) is 31.7 Å². The van der Waals surface area contributed by atoms with Crippen LogP contribution in [0.4, 0.5) is 11.4 Å². The topological polar surface area (TPSA) is 88.4 Å². The van der Waals surface area contributed by atoms with Crippen molar-refractivity contribution in [2.45, 2.75) is 51.0 Å². The fourth-order valence-corrected chi connectivity index (χ4v) is 3.76. The molecule has 1 N–H and O–H groups in total. The molecule has 1 saturated heterocycles. The van der Waals surface area contributed by atoms with E-state index in [4.69, 9.17) is 0 Å². The summed E-state index contributed by atoms with van der Waals surface area (Å²) in [5.41, 5.74) is 0.566. The Bertz CT molecular complexity index is 601. The standard InChI is InChI=1S/C17H24N4O3/c22-17(19-14-6-2-1-3-7-14)13-5-4-10-20(12-13)15-8-9-18-11-16(15)21(23)24/h8-9,11,13-14H,1-7,10,12H2,(H,19,22)/t13-/m0/s1. The van der Waals surface area contributed by atoms with Gasteiger partial charge in [-0.1, -0.05) is 19.3 Å². The molecular weight excluding hydrogens is 308 g/mol. The van der Waals surface area contributed by atoms with Crippen LogP contribution in [0.2, 0.25) is 0 Å². The van der Waals surface area contributed by atoms with Gasteiger partial charge in [-0.3, -0.25) is 19.9 Å². The molecule has 130 valence electrons. The number of rotatable bonds is 4. The number of hydrogen-bond donors (Lipinski definition) is 1. The molecule has 1 aliphatic heterocycles. The number of nitrogens with zero attached hydrogens (tertiary/aromatic N) is 3. The van der Waals surface area contributed by atoms with E-state index in [0.29, 0.717) is 18.3 Å². The highest BCUT2D eigenvalue weighted by Gasteiger charge is 2.30. The van der Waals surface area contributed by atoms with Gasteiger partial charge in [0.2, 0.25) is 5.91 Å². The van der Waals surface area contributed by atoms with Gasteiger partial charge < -0.3 is 10.2 Å². The minimum absolute atomic E-state index is 0.00541. The predicted molar refractivity (Wildman–Crippen MR) is 90.8 cm³/mol. The summed E-state index contributed by atoms with van der Waals surface area (Å²) in [5, 5.41) is 14.4. The number of nitrogens with one attached hydrogen (secondary N) is 1. The SMILES string of the molecule is O=C(NC1CCCCC1)[C@H]1CCCN(c2ccncc2[N+](=O)[O-])C1. The van der Waals surface area contributed by atoms with Crippen molar-refractivity contribution >= 4 is 17.3 Å². The molecule has 0 aromatic carbocycles. The zero-order valence-electron chi connectivity index (χ0n) is 13.8. The quantitative estimate of drug-likeness (QED) is 0.676. The Kier molecular flexibility index (Phi) is 5.27. The van der Waals surface area contributed by atoms with Crippen LogP contribution in [0.5, 0.6) is 0 Å². The third-order valence-electron chi connectivity index (χ3n) is 5.06.